The molecule has 0 spiro atoms. The number of guanidine groups is 1. The van der Waals surface area contributed by atoms with E-state index in [-0.39, 0.29) is 5.96 Å². The summed E-state index contributed by atoms with van der Waals surface area (Å²) in [5.74, 6) is 0.781. The highest BCUT2D eigenvalue weighted by Gasteiger charge is 2.18. The van der Waals surface area contributed by atoms with Crippen LogP contribution in [0.15, 0.2) is 23.2 Å². The molecule has 1 aromatic carbocycles. The van der Waals surface area contributed by atoms with Crippen LogP contribution in [-0.4, -0.2) is 49.1 Å². The molecule has 150 valence electrons. The second kappa shape index (κ2) is 10.2. The molecule has 27 heavy (non-hydrogen) atoms. The van der Waals surface area contributed by atoms with E-state index in [1.54, 1.807) is 32.9 Å². The van der Waals surface area contributed by atoms with Crippen molar-refractivity contribution in [2.24, 2.45) is 4.99 Å². The van der Waals surface area contributed by atoms with Crippen LogP contribution >= 0.6 is 0 Å². The number of methoxy groups -OCH3 is 1. The number of benzene rings is 1. The molecule has 0 saturated heterocycles. The number of rotatable bonds is 6. The van der Waals surface area contributed by atoms with Crippen molar-refractivity contribution in [3.8, 4) is 5.75 Å². The summed E-state index contributed by atoms with van der Waals surface area (Å²) < 4.78 is 10.6. The lowest BCUT2D eigenvalue weighted by Gasteiger charge is -2.21. The van der Waals surface area contributed by atoms with Gasteiger partial charge in [-0.25, -0.2) is 9.59 Å². The second-order valence-electron chi connectivity index (χ2n) is 6.59. The first-order chi connectivity index (χ1) is 12.6. The fourth-order valence-corrected chi connectivity index (χ4v) is 2.10. The van der Waals surface area contributed by atoms with Crippen molar-refractivity contribution in [3.05, 3.63) is 23.8 Å². The molecule has 4 N–H and O–H groups in total. The fourth-order valence-electron chi connectivity index (χ4n) is 2.10. The third-order valence-corrected chi connectivity index (χ3v) is 3.14. The van der Waals surface area contributed by atoms with Crippen molar-refractivity contribution >= 4 is 23.8 Å². The summed E-state index contributed by atoms with van der Waals surface area (Å²) >= 11 is 0. The van der Waals surface area contributed by atoms with Crippen molar-refractivity contribution in [3.63, 3.8) is 0 Å². The first-order valence-electron chi connectivity index (χ1n) is 8.59. The van der Waals surface area contributed by atoms with Crippen LogP contribution in [0.5, 0.6) is 5.75 Å². The van der Waals surface area contributed by atoms with Gasteiger partial charge in [0.1, 0.15) is 11.4 Å². The number of ether oxygens (including phenoxy) is 2. The molecule has 0 atom stereocenters. The zero-order valence-corrected chi connectivity index (χ0v) is 16.4. The number of nitrogens with one attached hydrogen (secondary N) is 3. The van der Waals surface area contributed by atoms with E-state index in [1.165, 1.54) is 7.11 Å². The zero-order chi connectivity index (χ0) is 20.4. The zero-order valence-electron chi connectivity index (χ0n) is 16.4. The molecule has 0 heterocycles. The topological polar surface area (TPSA) is 121 Å². The Labute approximate surface area is 159 Å². The van der Waals surface area contributed by atoms with E-state index >= 15 is 0 Å². The Balaban J connectivity index is 2.84. The molecule has 0 radical (unpaired) electrons. The molecule has 0 aromatic heterocycles. The van der Waals surface area contributed by atoms with Gasteiger partial charge in [-0.05, 0) is 51.8 Å². The van der Waals surface area contributed by atoms with Gasteiger partial charge in [0.05, 0.1) is 12.8 Å². The average molecular weight is 380 g/mol. The summed E-state index contributed by atoms with van der Waals surface area (Å²) in [6.45, 7) is 7.93. The minimum atomic E-state index is -1.06. The number of carbonyl (C=O) groups excluding carboxylic acids is 1. The van der Waals surface area contributed by atoms with Crippen molar-refractivity contribution in [2.45, 2.75) is 39.7 Å². The maximum Gasteiger partial charge on any atom is 0.414 e. The number of nitrogens with zero attached hydrogens (tertiary/aromatic N) is 1. The standard InChI is InChI=1S/C18H28N4O5/c1-6-19-15(22-17(25)27-18(2,3)4)21-13-8-7-12(11-14(13)26-5)9-10-20-16(23)24/h7-8,11,20H,6,9-10H2,1-5H3,(H,23,24)(H2,19,21,22,25). The highest BCUT2D eigenvalue weighted by Crippen LogP contribution is 2.25. The van der Waals surface area contributed by atoms with E-state index in [0.717, 1.165) is 5.56 Å². The summed E-state index contributed by atoms with van der Waals surface area (Å²) in [4.78, 5) is 26.7. The van der Waals surface area contributed by atoms with Crippen LogP contribution in [0.2, 0.25) is 0 Å². The second-order valence-corrected chi connectivity index (χ2v) is 6.59. The highest BCUT2D eigenvalue weighted by atomic mass is 16.6. The Hall–Kier alpha value is -2.97. The minimum absolute atomic E-state index is 0.241. The Morgan fingerprint density at radius 3 is 2.52 bits per heavy atom. The van der Waals surface area contributed by atoms with Crippen LogP contribution in [0.4, 0.5) is 15.3 Å². The van der Waals surface area contributed by atoms with Crippen LogP contribution in [0, 0.1) is 0 Å². The maximum atomic E-state index is 12.0. The highest BCUT2D eigenvalue weighted by molar-refractivity contribution is 6.03. The van der Waals surface area contributed by atoms with Crippen LogP contribution in [0.3, 0.4) is 0 Å². The molecule has 0 saturated carbocycles. The van der Waals surface area contributed by atoms with E-state index in [0.29, 0.717) is 30.9 Å². The van der Waals surface area contributed by atoms with Crippen LogP contribution < -0.4 is 20.7 Å². The number of aliphatic imine (C=N–C) groups is 1. The number of hydrogen-bond acceptors (Lipinski definition) is 5. The summed E-state index contributed by atoms with van der Waals surface area (Å²) in [6, 6.07) is 5.41. The van der Waals surface area contributed by atoms with Crippen molar-refractivity contribution in [2.75, 3.05) is 25.5 Å². The Morgan fingerprint density at radius 1 is 1.26 bits per heavy atom. The molecule has 1 aromatic rings. The molecule has 9 heteroatoms. The summed E-state index contributed by atoms with van der Waals surface area (Å²) in [6.07, 6.45) is -1.15. The van der Waals surface area contributed by atoms with Crippen LogP contribution in [-0.2, 0) is 11.2 Å². The predicted molar refractivity (Wildman–Crippen MR) is 104 cm³/mol. The number of carbonyl (C=O) groups is 2. The van der Waals surface area contributed by atoms with E-state index in [1.807, 2.05) is 13.0 Å². The van der Waals surface area contributed by atoms with Gasteiger partial charge in [-0.3, -0.25) is 10.3 Å². The lowest BCUT2D eigenvalue weighted by Crippen LogP contribution is -2.40. The van der Waals surface area contributed by atoms with Gasteiger partial charge in [0, 0.05) is 13.1 Å². The van der Waals surface area contributed by atoms with E-state index < -0.39 is 17.8 Å². The van der Waals surface area contributed by atoms with Crippen molar-refractivity contribution in [1.29, 1.82) is 0 Å². The number of amides is 2. The van der Waals surface area contributed by atoms with Crippen molar-refractivity contribution < 1.29 is 24.2 Å². The first-order valence-corrected chi connectivity index (χ1v) is 8.59. The lowest BCUT2D eigenvalue weighted by atomic mass is 10.1. The molecule has 0 aliphatic carbocycles. The molecule has 9 nitrogen and oxygen atoms in total. The smallest absolute Gasteiger partial charge is 0.414 e. The van der Waals surface area contributed by atoms with Gasteiger partial charge in [0.25, 0.3) is 0 Å². The number of hydrogen-bond donors (Lipinski definition) is 4. The minimum Gasteiger partial charge on any atom is -0.495 e. The molecular weight excluding hydrogens is 352 g/mol. The normalized spacial score (nSPS) is 11.5. The molecule has 0 aliphatic rings. The number of carboxylic acid groups (broad SMARTS) is 1. The summed E-state index contributed by atoms with van der Waals surface area (Å²) in [5.41, 5.74) is 0.890. The van der Waals surface area contributed by atoms with Crippen LogP contribution in [0.1, 0.15) is 33.3 Å². The van der Waals surface area contributed by atoms with Crippen LogP contribution in [0.25, 0.3) is 0 Å². The largest absolute Gasteiger partial charge is 0.495 e. The lowest BCUT2D eigenvalue weighted by molar-refractivity contribution is 0.0563. The average Bonchev–Trinajstić information content (AvgIpc) is 2.54. The van der Waals surface area contributed by atoms with Crippen molar-refractivity contribution in [1.82, 2.24) is 10.6 Å². The van der Waals surface area contributed by atoms with Gasteiger partial charge in [-0.1, -0.05) is 6.07 Å². The first kappa shape index (κ1) is 22.1. The van der Waals surface area contributed by atoms with Gasteiger partial charge < -0.3 is 25.2 Å². The van der Waals surface area contributed by atoms with E-state index in [2.05, 4.69) is 20.9 Å². The Kier molecular flexibility index (Phi) is 8.37. The number of alkyl carbamates (subject to hydrolysis) is 1. The monoisotopic (exact) mass is 380 g/mol. The van der Waals surface area contributed by atoms with E-state index in [4.69, 9.17) is 14.6 Å². The quantitative estimate of drug-likeness (QED) is 0.445. The third-order valence-electron chi connectivity index (χ3n) is 3.14. The van der Waals surface area contributed by atoms with Gasteiger partial charge in [-0.2, -0.15) is 0 Å². The molecular formula is C18H28N4O5. The van der Waals surface area contributed by atoms with E-state index in [9.17, 15) is 9.59 Å². The van der Waals surface area contributed by atoms with Gasteiger partial charge in [0.15, 0.2) is 0 Å². The Morgan fingerprint density at radius 2 is 1.96 bits per heavy atom. The maximum absolute atomic E-state index is 12.0. The molecule has 0 bridgehead atoms. The number of anilines is 1. The molecule has 0 fully saturated rings. The van der Waals surface area contributed by atoms with Gasteiger partial charge >= 0.3 is 12.2 Å². The summed E-state index contributed by atoms with van der Waals surface area (Å²) in [5, 5.41) is 16.5. The fraction of sp³-hybridized carbons (Fsp3) is 0.500. The third kappa shape index (κ3) is 8.80. The Bertz CT molecular complexity index is 683. The SMILES string of the molecule is CCN=C(NC(=O)OC(C)(C)C)Nc1ccc(CCNC(=O)O)cc1OC. The molecule has 2 amide bonds. The molecule has 1 rings (SSSR count). The molecule has 0 unspecified atom stereocenters. The van der Waals surface area contributed by atoms with Gasteiger partial charge in [-0.15, -0.1) is 0 Å². The predicted octanol–water partition coefficient (Wildman–Crippen LogP) is 2.82. The molecule has 0 aliphatic heterocycles. The van der Waals surface area contributed by atoms with Gasteiger partial charge in [0.2, 0.25) is 5.96 Å². The summed E-state index contributed by atoms with van der Waals surface area (Å²) in [7, 11) is 1.53.